The molecule has 1 heterocycles. The summed E-state index contributed by atoms with van der Waals surface area (Å²) in [5.74, 6) is -0.809. The van der Waals surface area contributed by atoms with Gasteiger partial charge >= 0.3 is 12.0 Å². The van der Waals surface area contributed by atoms with Crippen LogP contribution >= 0.6 is 0 Å². The van der Waals surface area contributed by atoms with Gasteiger partial charge in [-0.15, -0.1) is 0 Å². The van der Waals surface area contributed by atoms with E-state index in [1.807, 2.05) is 18.7 Å². The zero-order valence-corrected chi connectivity index (χ0v) is 13.7. The largest absolute Gasteiger partial charge is 0.481 e. The average Bonchev–Trinajstić information content (AvgIpc) is 2.42. The van der Waals surface area contributed by atoms with E-state index in [0.29, 0.717) is 19.0 Å². The van der Waals surface area contributed by atoms with Gasteiger partial charge in [0.2, 0.25) is 0 Å². The summed E-state index contributed by atoms with van der Waals surface area (Å²) in [6.45, 7) is 12.1. The zero-order valence-electron chi connectivity index (χ0n) is 13.7. The molecule has 0 atom stereocenters. The van der Waals surface area contributed by atoms with Crippen LogP contribution in [0.4, 0.5) is 4.79 Å². The Balaban J connectivity index is 2.51. The molecule has 0 bridgehead atoms. The van der Waals surface area contributed by atoms with Crippen molar-refractivity contribution in [2.45, 2.75) is 52.6 Å². The number of hydrogen-bond acceptors (Lipinski definition) is 3. The highest BCUT2D eigenvalue weighted by Crippen LogP contribution is 2.11. The Morgan fingerprint density at radius 3 is 2.10 bits per heavy atom. The van der Waals surface area contributed by atoms with E-state index >= 15 is 0 Å². The van der Waals surface area contributed by atoms with Crippen LogP contribution in [0.15, 0.2) is 0 Å². The first-order valence-electron chi connectivity index (χ1n) is 7.84. The van der Waals surface area contributed by atoms with Crippen LogP contribution in [0.1, 0.15) is 40.5 Å². The summed E-state index contributed by atoms with van der Waals surface area (Å²) in [5, 5.41) is 8.71. The fourth-order valence-electron chi connectivity index (χ4n) is 2.59. The monoisotopic (exact) mass is 299 g/mol. The van der Waals surface area contributed by atoms with Gasteiger partial charge in [-0.05, 0) is 34.1 Å². The lowest BCUT2D eigenvalue weighted by atomic mass is 10.2. The molecule has 1 aliphatic heterocycles. The standard InChI is InChI=1S/C15H29N3O3/c1-12(2)16-8-10-17(11-9-16)15(21)18(13(3)4)7-5-6-14(19)20/h12-13H,5-11H2,1-4H3,(H,19,20). The van der Waals surface area contributed by atoms with Gasteiger partial charge in [-0.3, -0.25) is 9.69 Å². The number of carbonyl (C=O) groups excluding carboxylic acids is 1. The summed E-state index contributed by atoms with van der Waals surface area (Å²) in [4.78, 5) is 29.2. The quantitative estimate of drug-likeness (QED) is 0.811. The van der Waals surface area contributed by atoms with Crippen LogP contribution in [0.25, 0.3) is 0 Å². The molecule has 1 aliphatic rings. The smallest absolute Gasteiger partial charge is 0.320 e. The molecule has 0 saturated carbocycles. The molecule has 0 radical (unpaired) electrons. The Kier molecular flexibility index (Phi) is 6.95. The molecule has 1 rings (SSSR count). The van der Waals surface area contributed by atoms with Gasteiger partial charge < -0.3 is 14.9 Å². The zero-order chi connectivity index (χ0) is 16.0. The molecule has 0 spiro atoms. The van der Waals surface area contributed by atoms with Crippen molar-refractivity contribution >= 4 is 12.0 Å². The van der Waals surface area contributed by atoms with Crippen LogP contribution in [-0.2, 0) is 4.79 Å². The molecule has 0 aliphatic carbocycles. The third-order valence-electron chi connectivity index (χ3n) is 3.97. The van der Waals surface area contributed by atoms with Gasteiger partial charge in [0.25, 0.3) is 0 Å². The van der Waals surface area contributed by atoms with Gasteiger partial charge in [0.05, 0.1) is 0 Å². The van der Waals surface area contributed by atoms with E-state index in [4.69, 9.17) is 5.11 Å². The number of aliphatic carboxylic acids is 1. The topological polar surface area (TPSA) is 64.1 Å². The molecular weight excluding hydrogens is 270 g/mol. The molecule has 0 aromatic carbocycles. The summed E-state index contributed by atoms with van der Waals surface area (Å²) in [6, 6.07) is 0.646. The maximum absolute atomic E-state index is 12.6. The molecule has 6 nitrogen and oxygen atoms in total. The summed E-state index contributed by atoms with van der Waals surface area (Å²) in [6.07, 6.45) is 0.614. The highest BCUT2D eigenvalue weighted by Gasteiger charge is 2.27. The summed E-state index contributed by atoms with van der Waals surface area (Å²) in [5.41, 5.74) is 0. The molecule has 0 aromatic rings. The Morgan fingerprint density at radius 1 is 1.10 bits per heavy atom. The number of urea groups is 1. The Hall–Kier alpha value is -1.30. The normalized spacial score (nSPS) is 16.6. The Morgan fingerprint density at radius 2 is 1.67 bits per heavy atom. The number of carboxylic acids is 1. The van der Waals surface area contributed by atoms with E-state index in [2.05, 4.69) is 18.7 Å². The van der Waals surface area contributed by atoms with Crippen LogP contribution in [-0.4, -0.2) is 76.6 Å². The minimum absolute atomic E-state index is 0.0406. The van der Waals surface area contributed by atoms with Crippen molar-refractivity contribution in [3.8, 4) is 0 Å². The van der Waals surface area contributed by atoms with Gasteiger partial charge in [0.15, 0.2) is 0 Å². The van der Waals surface area contributed by atoms with Gasteiger partial charge in [-0.2, -0.15) is 0 Å². The van der Waals surface area contributed by atoms with Crippen LogP contribution in [0.5, 0.6) is 0 Å². The second kappa shape index (κ2) is 8.22. The second-order valence-corrected chi connectivity index (χ2v) is 6.18. The Labute approximate surface area is 127 Å². The lowest BCUT2D eigenvalue weighted by Gasteiger charge is -2.40. The number of nitrogens with zero attached hydrogens (tertiary/aromatic N) is 3. The summed E-state index contributed by atoms with van der Waals surface area (Å²) in [7, 11) is 0. The van der Waals surface area contributed by atoms with Crippen molar-refractivity contribution < 1.29 is 14.7 Å². The third kappa shape index (κ3) is 5.53. The van der Waals surface area contributed by atoms with Crippen molar-refractivity contribution in [3.63, 3.8) is 0 Å². The molecule has 1 saturated heterocycles. The van der Waals surface area contributed by atoms with Gasteiger partial charge in [0, 0.05) is 51.2 Å². The van der Waals surface area contributed by atoms with Crippen LogP contribution < -0.4 is 0 Å². The van der Waals surface area contributed by atoms with Crippen molar-refractivity contribution in [1.82, 2.24) is 14.7 Å². The molecule has 21 heavy (non-hydrogen) atoms. The Bertz CT molecular complexity index is 350. The summed E-state index contributed by atoms with van der Waals surface area (Å²) < 4.78 is 0. The van der Waals surface area contributed by atoms with E-state index in [1.54, 1.807) is 4.90 Å². The first kappa shape index (κ1) is 17.8. The van der Waals surface area contributed by atoms with E-state index in [0.717, 1.165) is 26.2 Å². The predicted octanol–water partition coefficient (Wildman–Crippen LogP) is 1.71. The molecule has 122 valence electrons. The number of rotatable bonds is 6. The SMILES string of the molecule is CC(C)N1CCN(C(=O)N(CCCC(=O)O)C(C)C)CC1. The molecule has 1 fully saturated rings. The highest BCUT2D eigenvalue weighted by molar-refractivity contribution is 5.75. The molecule has 6 heteroatoms. The van der Waals surface area contributed by atoms with Gasteiger partial charge in [-0.25, -0.2) is 4.79 Å². The van der Waals surface area contributed by atoms with Crippen LogP contribution in [0, 0.1) is 0 Å². The fourth-order valence-corrected chi connectivity index (χ4v) is 2.59. The molecular formula is C15H29N3O3. The lowest BCUT2D eigenvalue weighted by Crippen LogP contribution is -2.55. The van der Waals surface area contributed by atoms with Crippen molar-refractivity contribution in [1.29, 1.82) is 0 Å². The highest BCUT2D eigenvalue weighted by atomic mass is 16.4. The van der Waals surface area contributed by atoms with E-state index in [9.17, 15) is 9.59 Å². The van der Waals surface area contributed by atoms with Crippen LogP contribution in [0.2, 0.25) is 0 Å². The van der Waals surface area contributed by atoms with E-state index < -0.39 is 5.97 Å². The van der Waals surface area contributed by atoms with Gasteiger partial charge in [-0.1, -0.05) is 0 Å². The number of hydrogen-bond donors (Lipinski definition) is 1. The molecule has 0 unspecified atom stereocenters. The average molecular weight is 299 g/mol. The van der Waals surface area contributed by atoms with E-state index in [1.165, 1.54) is 0 Å². The second-order valence-electron chi connectivity index (χ2n) is 6.18. The third-order valence-corrected chi connectivity index (χ3v) is 3.97. The van der Waals surface area contributed by atoms with Crippen molar-refractivity contribution in [3.05, 3.63) is 0 Å². The molecule has 0 aromatic heterocycles. The number of amides is 2. The fraction of sp³-hybridized carbons (Fsp3) is 0.867. The molecule has 1 N–H and O–H groups in total. The number of carboxylic acid groups (broad SMARTS) is 1. The number of piperazine rings is 1. The maximum Gasteiger partial charge on any atom is 0.320 e. The minimum Gasteiger partial charge on any atom is -0.481 e. The predicted molar refractivity (Wildman–Crippen MR) is 82.4 cm³/mol. The first-order valence-corrected chi connectivity index (χ1v) is 7.84. The van der Waals surface area contributed by atoms with Crippen molar-refractivity contribution in [2.75, 3.05) is 32.7 Å². The first-order chi connectivity index (χ1) is 9.82. The lowest BCUT2D eigenvalue weighted by molar-refractivity contribution is -0.137. The minimum atomic E-state index is -0.809. The number of carbonyl (C=O) groups is 2. The van der Waals surface area contributed by atoms with Gasteiger partial charge in [0.1, 0.15) is 0 Å². The molecule has 2 amide bonds. The van der Waals surface area contributed by atoms with Crippen molar-refractivity contribution in [2.24, 2.45) is 0 Å². The maximum atomic E-state index is 12.6. The summed E-state index contributed by atoms with van der Waals surface area (Å²) >= 11 is 0. The van der Waals surface area contributed by atoms with Crippen LogP contribution in [0.3, 0.4) is 0 Å². The van der Waals surface area contributed by atoms with E-state index in [-0.39, 0.29) is 18.5 Å².